The predicted octanol–water partition coefficient (Wildman–Crippen LogP) is 1.40. The highest BCUT2D eigenvalue weighted by Gasteiger charge is 2.20. The van der Waals surface area contributed by atoms with Crippen LogP contribution >= 0.6 is 0 Å². The van der Waals surface area contributed by atoms with E-state index in [1.54, 1.807) is 0 Å². The summed E-state index contributed by atoms with van der Waals surface area (Å²) in [5.41, 5.74) is 2.23. The molecule has 0 amide bonds. The van der Waals surface area contributed by atoms with Crippen LogP contribution in [0.3, 0.4) is 0 Å². The molecule has 2 rings (SSSR count). The molecule has 0 aromatic carbocycles. The molecule has 3 nitrogen and oxygen atoms in total. The van der Waals surface area contributed by atoms with Gasteiger partial charge in [-0.2, -0.15) is 5.26 Å². The van der Waals surface area contributed by atoms with E-state index in [2.05, 4.69) is 22.5 Å². The Bertz CT molecular complexity index is 344. The molecule has 0 aliphatic carbocycles. The Balaban J connectivity index is 2.23. The maximum atomic E-state index is 8.98. The summed E-state index contributed by atoms with van der Waals surface area (Å²) in [4.78, 5) is 4.32. The Kier molecular flexibility index (Phi) is 2.76. The van der Waals surface area contributed by atoms with E-state index >= 15 is 0 Å². The highest BCUT2D eigenvalue weighted by molar-refractivity contribution is 6.04. The quantitative estimate of drug-likeness (QED) is 0.674. The van der Waals surface area contributed by atoms with Gasteiger partial charge in [0.25, 0.3) is 0 Å². The van der Waals surface area contributed by atoms with Crippen LogP contribution in [0.4, 0.5) is 0 Å². The molecular weight excluding hydrogens is 174 g/mol. The van der Waals surface area contributed by atoms with Crippen molar-refractivity contribution in [2.24, 2.45) is 10.9 Å². The molecule has 72 valence electrons. The molecule has 0 saturated heterocycles. The molecule has 0 spiro atoms. The predicted molar refractivity (Wildman–Crippen MR) is 55.9 cm³/mol. The lowest BCUT2D eigenvalue weighted by Crippen LogP contribution is -2.26. The Morgan fingerprint density at radius 3 is 3.21 bits per heavy atom. The molecule has 2 heterocycles. The first kappa shape index (κ1) is 9.17. The van der Waals surface area contributed by atoms with Gasteiger partial charge in [-0.1, -0.05) is 12.2 Å². The van der Waals surface area contributed by atoms with E-state index in [1.807, 2.05) is 12.3 Å². The molecule has 1 unspecified atom stereocenters. The smallest absolute Gasteiger partial charge is 0.0922 e. The average molecular weight is 187 g/mol. The summed E-state index contributed by atoms with van der Waals surface area (Å²) >= 11 is 0. The van der Waals surface area contributed by atoms with Crippen LogP contribution in [0.25, 0.3) is 0 Å². The third-order valence-electron chi connectivity index (χ3n) is 2.57. The summed E-state index contributed by atoms with van der Waals surface area (Å²) in [6.07, 6.45) is 7.71. The van der Waals surface area contributed by atoms with Gasteiger partial charge in [0.05, 0.1) is 17.7 Å². The van der Waals surface area contributed by atoms with Crippen LogP contribution in [-0.2, 0) is 0 Å². The fourth-order valence-electron chi connectivity index (χ4n) is 1.81. The van der Waals surface area contributed by atoms with Gasteiger partial charge >= 0.3 is 0 Å². The van der Waals surface area contributed by atoms with Gasteiger partial charge in [0.15, 0.2) is 0 Å². The highest BCUT2D eigenvalue weighted by atomic mass is 14.9. The molecule has 0 bridgehead atoms. The van der Waals surface area contributed by atoms with Gasteiger partial charge in [-0.3, -0.25) is 4.99 Å². The zero-order valence-corrected chi connectivity index (χ0v) is 8.03. The second kappa shape index (κ2) is 4.21. The normalized spacial score (nSPS) is 26.4. The van der Waals surface area contributed by atoms with Crippen molar-refractivity contribution in [3.63, 3.8) is 0 Å². The molecular formula is C11H13N3. The van der Waals surface area contributed by atoms with Gasteiger partial charge in [-0.25, -0.2) is 0 Å². The molecule has 0 radical (unpaired) electrons. The molecule has 1 atom stereocenters. The van der Waals surface area contributed by atoms with Crippen LogP contribution < -0.4 is 5.32 Å². The van der Waals surface area contributed by atoms with Gasteiger partial charge in [-0.05, 0) is 25.0 Å². The zero-order chi connectivity index (χ0) is 9.80. The van der Waals surface area contributed by atoms with Crippen LogP contribution in [0.15, 0.2) is 28.9 Å². The molecule has 0 saturated carbocycles. The van der Waals surface area contributed by atoms with E-state index in [4.69, 9.17) is 5.26 Å². The van der Waals surface area contributed by atoms with Crippen molar-refractivity contribution in [2.75, 3.05) is 13.1 Å². The van der Waals surface area contributed by atoms with Crippen molar-refractivity contribution in [1.82, 2.24) is 5.32 Å². The minimum absolute atomic E-state index is 0.0376. The molecule has 0 aromatic rings. The van der Waals surface area contributed by atoms with Crippen molar-refractivity contribution in [3.8, 4) is 6.07 Å². The maximum Gasteiger partial charge on any atom is 0.0922 e. The number of allylic oxidation sites excluding steroid dienone is 1. The third kappa shape index (κ3) is 1.75. The van der Waals surface area contributed by atoms with Crippen molar-refractivity contribution in [2.45, 2.75) is 12.8 Å². The molecule has 0 aromatic heterocycles. The van der Waals surface area contributed by atoms with Crippen LogP contribution in [0, 0.1) is 17.2 Å². The summed E-state index contributed by atoms with van der Waals surface area (Å²) in [6.45, 7) is 1.89. The lowest BCUT2D eigenvalue weighted by Gasteiger charge is -2.20. The first-order valence-corrected chi connectivity index (χ1v) is 4.94. The van der Waals surface area contributed by atoms with Gasteiger partial charge < -0.3 is 5.32 Å². The second-order valence-corrected chi connectivity index (χ2v) is 3.50. The number of nitrogens with zero attached hydrogens (tertiary/aromatic N) is 2. The lowest BCUT2D eigenvalue weighted by molar-refractivity contribution is 0.710. The zero-order valence-electron chi connectivity index (χ0n) is 8.03. The molecule has 2 aliphatic heterocycles. The number of hydrogen-bond donors (Lipinski definition) is 1. The van der Waals surface area contributed by atoms with E-state index in [9.17, 15) is 0 Å². The molecule has 1 N–H and O–H groups in total. The van der Waals surface area contributed by atoms with Crippen molar-refractivity contribution < 1.29 is 0 Å². The molecule has 2 aliphatic rings. The number of nitriles is 1. The Morgan fingerprint density at radius 1 is 1.57 bits per heavy atom. The van der Waals surface area contributed by atoms with E-state index in [1.165, 1.54) is 5.57 Å². The van der Waals surface area contributed by atoms with Crippen LogP contribution in [-0.4, -0.2) is 18.8 Å². The van der Waals surface area contributed by atoms with Crippen LogP contribution in [0.1, 0.15) is 12.8 Å². The number of rotatable bonds is 1. The van der Waals surface area contributed by atoms with Gasteiger partial charge in [0, 0.05) is 12.7 Å². The Labute approximate surface area is 83.8 Å². The summed E-state index contributed by atoms with van der Waals surface area (Å²) in [6, 6.07) is 2.31. The van der Waals surface area contributed by atoms with E-state index < -0.39 is 0 Å². The topological polar surface area (TPSA) is 48.2 Å². The van der Waals surface area contributed by atoms with Gasteiger partial charge in [0.1, 0.15) is 0 Å². The second-order valence-electron chi connectivity index (χ2n) is 3.50. The summed E-state index contributed by atoms with van der Waals surface area (Å²) in [7, 11) is 0. The van der Waals surface area contributed by atoms with Crippen molar-refractivity contribution in [1.29, 1.82) is 5.26 Å². The fourth-order valence-corrected chi connectivity index (χ4v) is 1.81. The Hall–Kier alpha value is -1.40. The standard InChI is InChI=1S/C11H13N3/c12-8-10-2-1-5-14-11(10)9-3-6-13-7-4-9/h1,3,5,10,13H,2,4,6-7H2. The molecule has 3 heteroatoms. The number of hydrogen-bond acceptors (Lipinski definition) is 3. The maximum absolute atomic E-state index is 8.98. The largest absolute Gasteiger partial charge is 0.313 e. The minimum atomic E-state index is -0.0376. The summed E-state index contributed by atoms with van der Waals surface area (Å²) in [5.74, 6) is -0.0376. The van der Waals surface area contributed by atoms with E-state index in [0.717, 1.165) is 31.6 Å². The lowest BCUT2D eigenvalue weighted by atomic mass is 9.90. The first-order chi connectivity index (χ1) is 6.92. The van der Waals surface area contributed by atoms with Crippen molar-refractivity contribution in [3.05, 3.63) is 23.9 Å². The molecule has 0 fully saturated rings. The highest BCUT2D eigenvalue weighted by Crippen LogP contribution is 2.20. The van der Waals surface area contributed by atoms with Crippen LogP contribution in [0.2, 0.25) is 0 Å². The van der Waals surface area contributed by atoms with E-state index in [-0.39, 0.29) is 5.92 Å². The SMILES string of the molecule is N#CC1CC=CN=C1C1=CCNCC1. The first-order valence-electron chi connectivity index (χ1n) is 4.94. The minimum Gasteiger partial charge on any atom is -0.313 e. The number of aliphatic imine (C=N–C) groups is 1. The Morgan fingerprint density at radius 2 is 2.50 bits per heavy atom. The number of nitrogens with one attached hydrogen (secondary N) is 1. The van der Waals surface area contributed by atoms with E-state index in [0.29, 0.717) is 0 Å². The monoisotopic (exact) mass is 187 g/mol. The summed E-state index contributed by atoms with van der Waals surface area (Å²) in [5, 5.41) is 12.2. The molecule has 14 heavy (non-hydrogen) atoms. The van der Waals surface area contributed by atoms with Crippen molar-refractivity contribution >= 4 is 5.71 Å². The average Bonchev–Trinajstić information content (AvgIpc) is 2.30. The summed E-state index contributed by atoms with van der Waals surface area (Å²) < 4.78 is 0. The van der Waals surface area contributed by atoms with Gasteiger partial charge in [0.2, 0.25) is 0 Å². The fraction of sp³-hybridized carbons (Fsp3) is 0.455. The van der Waals surface area contributed by atoms with Gasteiger partial charge in [-0.15, -0.1) is 0 Å². The van der Waals surface area contributed by atoms with Crippen LogP contribution in [0.5, 0.6) is 0 Å². The third-order valence-corrected chi connectivity index (χ3v) is 2.57.